The lowest BCUT2D eigenvalue weighted by atomic mass is 9.94. The maximum atomic E-state index is 13.3. The third kappa shape index (κ3) is 5.36. The lowest BCUT2D eigenvalue weighted by Gasteiger charge is -2.37. The van der Waals surface area contributed by atoms with Gasteiger partial charge in [0.2, 0.25) is 0 Å². The lowest BCUT2D eigenvalue weighted by molar-refractivity contribution is -0.274. The molecular formula is C13H12F8N2O2. The van der Waals surface area contributed by atoms with E-state index in [0.29, 0.717) is 0 Å². The zero-order chi connectivity index (χ0) is 19.7. The van der Waals surface area contributed by atoms with Crippen molar-refractivity contribution in [2.75, 3.05) is 5.32 Å². The highest BCUT2D eigenvalue weighted by Gasteiger charge is 2.65. The van der Waals surface area contributed by atoms with Crippen LogP contribution in [-0.4, -0.2) is 30.0 Å². The van der Waals surface area contributed by atoms with Gasteiger partial charge in [-0.05, 0) is 31.2 Å². The van der Waals surface area contributed by atoms with E-state index in [0.717, 1.165) is 29.6 Å². The number of amides is 2. The number of urea groups is 1. The molecule has 0 bridgehead atoms. The fourth-order valence-electron chi connectivity index (χ4n) is 1.56. The molecule has 0 aliphatic rings. The molecule has 1 aromatic carbocycles. The molecular weight excluding hydrogens is 368 g/mol. The number of alkyl halides is 8. The van der Waals surface area contributed by atoms with Crippen molar-refractivity contribution in [1.82, 2.24) is 5.32 Å². The van der Waals surface area contributed by atoms with E-state index in [1.165, 1.54) is 0 Å². The Morgan fingerprint density at radius 1 is 0.920 bits per heavy atom. The molecule has 0 spiro atoms. The minimum atomic E-state index is -5.47. The van der Waals surface area contributed by atoms with Crippen molar-refractivity contribution in [1.29, 1.82) is 0 Å². The first-order valence-corrected chi connectivity index (χ1v) is 6.45. The summed E-state index contributed by atoms with van der Waals surface area (Å²) in [4.78, 5) is 11.6. The van der Waals surface area contributed by atoms with Gasteiger partial charge in [0.1, 0.15) is 5.75 Å². The molecule has 2 amide bonds. The smallest absolute Gasteiger partial charge is 0.406 e. The van der Waals surface area contributed by atoms with Crippen molar-refractivity contribution < 1.29 is 44.7 Å². The maximum absolute atomic E-state index is 13.3. The first-order valence-electron chi connectivity index (χ1n) is 6.45. The van der Waals surface area contributed by atoms with Crippen molar-refractivity contribution in [2.24, 2.45) is 0 Å². The zero-order valence-electron chi connectivity index (χ0n) is 12.6. The number of anilines is 1. The summed E-state index contributed by atoms with van der Waals surface area (Å²) >= 11 is 0. The zero-order valence-corrected chi connectivity index (χ0v) is 12.6. The largest absolute Gasteiger partial charge is 0.573 e. The van der Waals surface area contributed by atoms with E-state index < -0.39 is 35.8 Å². The summed E-state index contributed by atoms with van der Waals surface area (Å²) in [5, 5.41) is 2.95. The first kappa shape index (κ1) is 20.8. The Balaban J connectivity index is 2.85. The highest BCUT2D eigenvalue weighted by Crippen LogP contribution is 2.41. The molecule has 1 unspecified atom stereocenters. The van der Waals surface area contributed by atoms with Crippen LogP contribution in [0, 0.1) is 0 Å². The van der Waals surface area contributed by atoms with Crippen LogP contribution in [0.15, 0.2) is 24.3 Å². The second-order valence-corrected chi connectivity index (χ2v) is 5.16. The van der Waals surface area contributed by atoms with Gasteiger partial charge in [0.05, 0.1) is 0 Å². The van der Waals surface area contributed by atoms with E-state index in [1.807, 2.05) is 5.32 Å². The Labute approximate surface area is 136 Å². The SMILES string of the molecule is CC(F)(F)C(C)(NC(=O)Nc1ccc(OC(F)(F)F)cc1)C(F)(F)F. The fraction of sp³-hybridized carbons (Fsp3) is 0.462. The summed E-state index contributed by atoms with van der Waals surface area (Å²) < 4.78 is 105. The van der Waals surface area contributed by atoms with E-state index in [1.54, 1.807) is 0 Å². The predicted molar refractivity (Wildman–Crippen MR) is 70.4 cm³/mol. The number of ether oxygens (including phenoxy) is 1. The summed E-state index contributed by atoms with van der Waals surface area (Å²) in [7, 11) is 0. The van der Waals surface area contributed by atoms with Crippen LogP contribution in [0.5, 0.6) is 5.75 Å². The molecule has 1 aromatic rings. The quantitative estimate of drug-likeness (QED) is 0.745. The van der Waals surface area contributed by atoms with Crippen molar-refractivity contribution in [3.63, 3.8) is 0 Å². The number of benzene rings is 1. The first-order chi connectivity index (χ1) is 11.1. The van der Waals surface area contributed by atoms with Gasteiger partial charge in [0.25, 0.3) is 5.92 Å². The van der Waals surface area contributed by atoms with E-state index in [4.69, 9.17) is 0 Å². The van der Waals surface area contributed by atoms with Gasteiger partial charge in [-0.15, -0.1) is 13.2 Å². The van der Waals surface area contributed by atoms with Crippen LogP contribution in [0.4, 0.5) is 45.6 Å². The second kappa shape index (κ2) is 6.56. The van der Waals surface area contributed by atoms with Gasteiger partial charge in [-0.1, -0.05) is 0 Å². The van der Waals surface area contributed by atoms with Gasteiger partial charge in [-0.2, -0.15) is 13.2 Å². The monoisotopic (exact) mass is 380 g/mol. The van der Waals surface area contributed by atoms with Gasteiger partial charge < -0.3 is 15.4 Å². The summed E-state index contributed by atoms with van der Waals surface area (Å²) in [5.74, 6) is -4.98. The minimum Gasteiger partial charge on any atom is -0.406 e. The van der Waals surface area contributed by atoms with E-state index in [2.05, 4.69) is 4.74 Å². The normalized spacial score (nSPS) is 15.3. The Morgan fingerprint density at radius 3 is 1.76 bits per heavy atom. The highest BCUT2D eigenvalue weighted by atomic mass is 19.4. The van der Waals surface area contributed by atoms with Crippen LogP contribution >= 0.6 is 0 Å². The minimum absolute atomic E-state index is 0.00988. The number of hydrogen-bond donors (Lipinski definition) is 2. The molecule has 0 aliphatic carbocycles. The van der Waals surface area contributed by atoms with Crippen LogP contribution in [0.3, 0.4) is 0 Å². The van der Waals surface area contributed by atoms with Crippen LogP contribution in [0.25, 0.3) is 0 Å². The molecule has 25 heavy (non-hydrogen) atoms. The van der Waals surface area contributed by atoms with Gasteiger partial charge in [0, 0.05) is 12.6 Å². The molecule has 2 N–H and O–H groups in total. The number of carbonyl (C=O) groups excluding carboxylic acids is 1. The van der Waals surface area contributed by atoms with Gasteiger partial charge in [-0.3, -0.25) is 0 Å². The maximum Gasteiger partial charge on any atom is 0.573 e. The number of carbonyl (C=O) groups is 1. The standard InChI is InChI=1S/C13H12F8N2O2/c1-10(11(2,14)15,12(16,17)18)23-9(24)22-7-3-5-8(6-4-7)25-13(19,20)21/h3-6H,1-2H3,(H2,22,23,24). The summed E-state index contributed by atoms with van der Waals surface area (Å²) in [6.45, 7) is 0.0941. The molecule has 142 valence electrons. The fourth-order valence-corrected chi connectivity index (χ4v) is 1.56. The molecule has 12 heteroatoms. The topological polar surface area (TPSA) is 50.4 Å². The Hall–Kier alpha value is -2.27. The van der Waals surface area contributed by atoms with Crippen LogP contribution < -0.4 is 15.4 Å². The molecule has 4 nitrogen and oxygen atoms in total. The predicted octanol–water partition coefficient (Wildman–Crippen LogP) is 4.68. The molecule has 0 heterocycles. The molecule has 0 saturated carbocycles. The highest BCUT2D eigenvalue weighted by molar-refractivity contribution is 5.90. The molecule has 0 aromatic heterocycles. The third-order valence-corrected chi connectivity index (χ3v) is 3.15. The van der Waals surface area contributed by atoms with Crippen molar-refractivity contribution in [3.8, 4) is 5.75 Å². The van der Waals surface area contributed by atoms with E-state index in [-0.39, 0.29) is 19.5 Å². The second-order valence-electron chi connectivity index (χ2n) is 5.16. The van der Waals surface area contributed by atoms with Crippen LogP contribution in [0.1, 0.15) is 13.8 Å². The van der Waals surface area contributed by atoms with E-state index >= 15 is 0 Å². The van der Waals surface area contributed by atoms with Gasteiger partial charge in [0.15, 0.2) is 5.54 Å². The summed E-state index contributed by atoms with van der Waals surface area (Å²) in [5.41, 5.74) is -4.10. The summed E-state index contributed by atoms with van der Waals surface area (Å²) in [6.07, 6.45) is -10.4. The Morgan fingerprint density at radius 2 is 1.40 bits per heavy atom. The lowest BCUT2D eigenvalue weighted by Crippen LogP contribution is -2.66. The van der Waals surface area contributed by atoms with Crippen LogP contribution in [-0.2, 0) is 0 Å². The molecule has 0 saturated heterocycles. The average molecular weight is 380 g/mol. The van der Waals surface area contributed by atoms with E-state index in [9.17, 15) is 39.9 Å². The summed E-state index contributed by atoms with van der Waals surface area (Å²) in [6, 6.07) is 1.71. The molecule has 0 radical (unpaired) electrons. The molecule has 1 atom stereocenters. The van der Waals surface area contributed by atoms with Crippen molar-refractivity contribution >= 4 is 11.7 Å². The Kier molecular flexibility index (Phi) is 5.45. The third-order valence-electron chi connectivity index (χ3n) is 3.15. The molecule has 0 fully saturated rings. The Bertz CT molecular complexity index is 590. The molecule has 1 rings (SSSR count). The van der Waals surface area contributed by atoms with Crippen molar-refractivity contribution in [3.05, 3.63) is 24.3 Å². The number of rotatable bonds is 4. The van der Waals surface area contributed by atoms with Crippen LogP contribution in [0.2, 0.25) is 0 Å². The van der Waals surface area contributed by atoms with Crippen molar-refractivity contribution in [2.45, 2.75) is 37.8 Å². The molecule has 0 aliphatic heterocycles. The number of hydrogen-bond acceptors (Lipinski definition) is 2. The van der Waals surface area contributed by atoms with Gasteiger partial charge in [-0.25, -0.2) is 13.6 Å². The average Bonchev–Trinajstić information content (AvgIpc) is 2.36. The number of nitrogens with one attached hydrogen (secondary N) is 2. The van der Waals surface area contributed by atoms with Gasteiger partial charge >= 0.3 is 18.6 Å². The number of halogens is 8.